The third-order valence-electron chi connectivity index (χ3n) is 11.0. The summed E-state index contributed by atoms with van der Waals surface area (Å²) in [6.45, 7) is 5.51. The Kier molecular flexibility index (Phi) is 17.9. The fourth-order valence-electron chi connectivity index (χ4n) is 7.59. The van der Waals surface area contributed by atoms with Gasteiger partial charge in [-0.05, 0) is 92.7 Å². The molecule has 4 atom stereocenters. The monoisotopic (exact) mass is 904 g/mol. The van der Waals surface area contributed by atoms with E-state index in [9.17, 15) is 24.0 Å². The Balaban J connectivity index is 1.56. The first-order valence-corrected chi connectivity index (χ1v) is 21.9. The SMILES string of the molecule is CCCCc1ccc(-c2cc(N)c(C(=O)NC(CCN)C(=O)N(C)C3C(=O)NC(C)C(=O)NC(C(=O)NCC#N)Cc4ccc(OCCN)c(c4)-c4cc3ccc4OCCN)c(C)n2)nc1. The van der Waals surface area contributed by atoms with E-state index in [0.29, 0.717) is 50.8 Å². The molecule has 5 amide bonds. The molecule has 3 heterocycles. The highest BCUT2D eigenvalue weighted by Crippen LogP contribution is 2.40. The fraction of sp³-hybridized carbons (Fsp3) is 0.404. The van der Waals surface area contributed by atoms with Gasteiger partial charge in [-0.3, -0.25) is 33.9 Å². The lowest BCUT2D eigenvalue weighted by Gasteiger charge is -2.32. The Morgan fingerprint density at radius 3 is 2.26 bits per heavy atom. The zero-order valence-electron chi connectivity index (χ0n) is 37.8. The highest BCUT2D eigenvalue weighted by Gasteiger charge is 2.36. The van der Waals surface area contributed by atoms with E-state index < -0.39 is 53.7 Å². The van der Waals surface area contributed by atoms with Crippen molar-refractivity contribution in [2.45, 2.75) is 77.0 Å². The van der Waals surface area contributed by atoms with Crippen molar-refractivity contribution in [2.75, 3.05) is 52.2 Å². The van der Waals surface area contributed by atoms with Crippen molar-refractivity contribution in [2.24, 2.45) is 17.2 Å². The number of unbranched alkanes of at least 4 members (excludes halogenated alkanes) is 1. The largest absolute Gasteiger partial charge is 0.492 e. The van der Waals surface area contributed by atoms with Gasteiger partial charge in [0.15, 0.2) is 0 Å². The minimum absolute atomic E-state index is 0.00377. The van der Waals surface area contributed by atoms with Crippen LogP contribution in [0, 0.1) is 18.3 Å². The fourth-order valence-corrected chi connectivity index (χ4v) is 7.59. The van der Waals surface area contributed by atoms with Gasteiger partial charge in [0.1, 0.15) is 55.4 Å². The number of nitrogens with one attached hydrogen (secondary N) is 4. The molecule has 0 spiro atoms. The highest BCUT2D eigenvalue weighted by molar-refractivity contribution is 6.03. The number of amides is 5. The van der Waals surface area contributed by atoms with E-state index in [2.05, 4.69) is 38.2 Å². The Morgan fingerprint density at radius 2 is 1.64 bits per heavy atom. The summed E-state index contributed by atoms with van der Waals surface area (Å²) in [7, 11) is 1.40. The summed E-state index contributed by atoms with van der Waals surface area (Å²) < 4.78 is 12.2. The molecule has 12 N–H and O–H groups in total. The summed E-state index contributed by atoms with van der Waals surface area (Å²) in [5.41, 5.74) is 28.6. The van der Waals surface area contributed by atoms with E-state index in [1.807, 2.05) is 18.2 Å². The Hall–Kier alpha value is -7.14. The number of rotatable bonds is 18. The van der Waals surface area contributed by atoms with Gasteiger partial charge in [-0.2, -0.15) is 5.26 Å². The van der Waals surface area contributed by atoms with Gasteiger partial charge in [0.05, 0.1) is 28.7 Å². The highest BCUT2D eigenvalue weighted by atomic mass is 16.5. The molecule has 4 unspecified atom stereocenters. The van der Waals surface area contributed by atoms with Crippen LogP contribution in [0.4, 0.5) is 5.69 Å². The number of hydrogen-bond donors (Lipinski definition) is 8. The lowest BCUT2D eigenvalue weighted by molar-refractivity contribution is -0.141. The van der Waals surface area contributed by atoms with Crippen molar-refractivity contribution in [1.29, 1.82) is 5.26 Å². The third-order valence-corrected chi connectivity index (χ3v) is 11.0. The molecule has 350 valence electrons. The van der Waals surface area contributed by atoms with E-state index in [4.69, 9.17) is 37.7 Å². The summed E-state index contributed by atoms with van der Waals surface area (Å²) in [6, 6.07) is 12.3. The number of hydrogen-bond acceptors (Lipinski definition) is 14. The standard InChI is InChI=1S/C47H60N12O7/c1-5-6-7-29-8-11-35(54-26-29)37-25-34(52)41(27(2)55-37)45(62)57-36(14-15-48)47(64)59(4)42-31-10-13-40(66-21-18-51)33(24-31)32-22-30(9-12-39(32)65-20-17-50)23-38(44(61)53-19-16-49)58-43(60)28(3)56-46(42)63/h8-13,22,24-26,28,36,38,42H,5-7,14-15,17-21,23,48,50-51H2,1-4H3,(H2,52,55)(H,53,61)(H,56,63)(H,57,62)(H,58,60). The molecule has 2 aromatic heterocycles. The molecule has 0 saturated carbocycles. The topological polar surface area (TPSA) is 309 Å². The van der Waals surface area contributed by atoms with Crippen LogP contribution in [0.3, 0.4) is 0 Å². The molecular weight excluding hydrogens is 845 g/mol. The molecule has 0 radical (unpaired) electrons. The van der Waals surface area contributed by atoms with E-state index in [1.165, 1.54) is 18.9 Å². The third kappa shape index (κ3) is 12.3. The molecule has 5 rings (SSSR count). The maximum Gasteiger partial charge on any atom is 0.255 e. The number of nitrogens with zero attached hydrogens (tertiary/aromatic N) is 4. The minimum Gasteiger partial charge on any atom is -0.492 e. The van der Waals surface area contributed by atoms with E-state index in [-0.39, 0.29) is 63.5 Å². The molecule has 1 aliphatic heterocycles. The van der Waals surface area contributed by atoms with Crippen molar-refractivity contribution in [1.82, 2.24) is 36.1 Å². The van der Waals surface area contributed by atoms with Gasteiger partial charge in [-0.15, -0.1) is 0 Å². The van der Waals surface area contributed by atoms with Gasteiger partial charge in [0.2, 0.25) is 23.6 Å². The molecule has 19 heteroatoms. The second-order valence-corrected chi connectivity index (χ2v) is 15.9. The Bertz CT molecular complexity index is 2400. The van der Waals surface area contributed by atoms with Crippen LogP contribution in [-0.2, 0) is 32.0 Å². The first-order valence-electron chi connectivity index (χ1n) is 21.9. The van der Waals surface area contributed by atoms with Crippen molar-refractivity contribution >= 4 is 35.2 Å². The average Bonchev–Trinajstić information content (AvgIpc) is 3.30. The van der Waals surface area contributed by atoms with E-state index in [0.717, 1.165) is 24.8 Å². The smallest absolute Gasteiger partial charge is 0.255 e. The van der Waals surface area contributed by atoms with Crippen molar-refractivity contribution in [3.05, 3.63) is 88.7 Å². The van der Waals surface area contributed by atoms with Gasteiger partial charge in [0.25, 0.3) is 5.91 Å². The number of nitrogens with two attached hydrogens (primary N) is 4. The quantitative estimate of drug-likeness (QED) is 0.0658. The number of nitrogen functional groups attached to an aromatic ring is 1. The average molecular weight is 905 g/mol. The molecule has 0 aliphatic carbocycles. The number of carbonyl (C=O) groups is 5. The number of pyridine rings is 2. The number of carbonyl (C=O) groups excluding carboxylic acids is 5. The maximum absolute atomic E-state index is 14.7. The van der Waals surface area contributed by atoms with Crippen LogP contribution >= 0.6 is 0 Å². The molecular formula is C47H60N12O7. The minimum atomic E-state index is -1.42. The van der Waals surface area contributed by atoms with Gasteiger partial charge in [-0.1, -0.05) is 31.5 Å². The zero-order valence-corrected chi connectivity index (χ0v) is 37.8. The number of aryl methyl sites for hydroxylation is 2. The maximum atomic E-state index is 14.7. The molecule has 0 saturated heterocycles. The van der Waals surface area contributed by atoms with Crippen LogP contribution < -0.4 is 53.7 Å². The van der Waals surface area contributed by atoms with Crippen molar-refractivity contribution in [3.63, 3.8) is 0 Å². The number of aromatic nitrogens is 2. The summed E-state index contributed by atoms with van der Waals surface area (Å²) in [5.74, 6) is -2.72. The van der Waals surface area contributed by atoms with Gasteiger partial charge in [-0.25, -0.2) is 0 Å². The van der Waals surface area contributed by atoms with Crippen molar-refractivity contribution < 1.29 is 33.4 Å². The zero-order chi connectivity index (χ0) is 47.9. The predicted octanol–water partition coefficient (Wildman–Crippen LogP) is 1.55. The Morgan fingerprint density at radius 1 is 0.939 bits per heavy atom. The molecule has 19 nitrogen and oxygen atoms in total. The van der Waals surface area contributed by atoms with Crippen LogP contribution in [0.15, 0.2) is 60.8 Å². The van der Waals surface area contributed by atoms with Crippen LogP contribution in [-0.4, -0.2) is 109 Å². The number of anilines is 1. The number of nitriles is 1. The second kappa shape index (κ2) is 23.7. The summed E-state index contributed by atoms with van der Waals surface area (Å²) in [5, 5.41) is 19.8. The summed E-state index contributed by atoms with van der Waals surface area (Å²) in [6.07, 6.45) is 4.78. The first kappa shape index (κ1) is 49.9. The second-order valence-electron chi connectivity index (χ2n) is 15.9. The van der Waals surface area contributed by atoms with Gasteiger partial charge < -0.3 is 58.6 Å². The molecule has 1 aliphatic rings. The first-order chi connectivity index (χ1) is 31.7. The van der Waals surface area contributed by atoms with Gasteiger partial charge in [0, 0.05) is 49.6 Å². The van der Waals surface area contributed by atoms with Crippen LogP contribution in [0.1, 0.15) is 71.9 Å². The number of ether oxygens (including phenoxy) is 2. The predicted molar refractivity (Wildman–Crippen MR) is 249 cm³/mol. The lowest BCUT2D eigenvalue weighted by Crippen LogP contribution is -2.56. The number of benzene rings is 2. The molecule has 0 fully saturated rings. The Labute approximate surface area is 384 Å². The number of fused-ring (bicyclic) bond motifs is 5. The summed E-state index contributed by atoms with van der Waals surface area (Å²) >= 11 is 0. The van der Waals surface area contributed by atoms with Gasteiger partial charge >= 0.3 is 0 Å². The van der Waals surface area contributed by atoms with Crippen molar-refractivity contribution in [3.8, 4) is 40.1 Å². The van der Waals surface area contributed by atoms with E-state index in [1.54, 1.807) is 55.6 Å². The molecule has 2 aromatic carbocycles. The molecule has 66 heavy (non-hydrogen) atoms. The van der Waals surface area contributed by atoms with Crippen LogP contribution in [0.2, 0.25) is 0 Å². The number of likely N-dealkylation sites (N-methyl/N-ethyl adjacent to an activating group) is 1. The molecule has 4 bridgehead atoms. The molecule has 4 aromatic rings. The normalized spacial score (nSPS) is 16.4. The van der Waals surface area contributed by atoms with Crippen LogP contribution in [0.5, 0.6) is 11.5 Å². The van der Waals surface area contributed by atoms with E-state index >= 15 is 0 Å². The lowest BCUT2D eigenvalue weighted by atomic mass is 9.93. The van der Waals surface area contributed by atoms with Crippen LogP contribution in [0.25, 0.3) is 22.5 Å². The summed E-state index contributed by atoms with van der Waals surface area (Å²) in [4.78, 5) is 80.7.